The monoisotopic (exact) mass is 284 g/mol. The first-order chi connectivity index (χ1) is 8.90. The highest BCUT2D eigenvalue weighted by molar-refractivity contribution is 7.89. The van der Waals surface area contributed by atoms with Crippen molar-refractivity contribution in [2.75, 3.05) is 19.3 Å². The molecule has 1 aliphatic heterocycles. The molecule has 0 bridgehead atoms. The highest BCUT2D eigenvalue weighted by atomic mass is 32.2. The van der Waals surface area contributed by atoms with Gasteiger partial charge in [-0.1, -0.05) is 0 Å². The van der Waals surface area contributed by atoms with Crippen molar-refractivity contribution in [3.8, 4) is 0 Å². The Morgan fingerprint density at radius 2 is 2.26 bits per heavy atom. The Hall–Kier alpha value is -1.67. The third kappa shape index (κ3) is 3.02. The molecular formula is C11H16N4O3S. The van der Waals surface area contributed by atoms with Crippen LogP contribution in [0.25, 0.3) is 0 Å². The third-order valence-electron chi connectivity index (χ3n) is 3.05. The second-order valence-corrected chi connectivity index (χ2v) is 6.23. The molecule has 1 fully saturated rings. The number of amides is 1. The first-order valence-electron chi connectivity index (χ1n) is 5.86. The molecular weight excluding hydrogens is 268 g/mol. The molecule has 1 aliphatic rings. The Labute approximate surface area is 111 Å². The van der Waals surface area contributed by atoms with Crippen LogP contribution in [0, 0.1) is 0 Å². The zero-order chi connectivity index (χ0) is 14.0. The highest BCUT2D eigenvalue weighted by Gasteiger charge is 2.28. The third-order valence-corrected chi connectivity index (χ3v) is 4.62. The number of aromatic nitrogens is 1. The summed E-state index contributed by atoms with van der Waals surface area (Å²) in [5, 5.41) is 0. The fourth-order valence-electron chi connectivity index (χ4n) is 2.01. The Kier molecular flexibility index (Phi) is 3.72. The summed E-state index contributed by atoms with van der Waals surface area (Å²) in [6.45, 7) is 0.359. The number of nitrogens with zero attached hydrogens (tertiary/aromatic N) is 2. The van der Waals surface area contributed by atoms with E-state index in [0.29, 0.717) is 19.4 Å². The summed E-state index contributed by atoms with van der Waals surface area (Å²) < 4.78 is 26.9. The molecule has 2 rings (SSSR count). The van der Waals surface area contributed by atoms with Gasteiger partial charge in [-0.25, -0.2) is 13.1 Å². The van der Waals surface area contributed by atoms with Crippen LogP contribution in [-0.2, 0) is 14.8 Å². The van der Waals surface area contributed by atoms with Crippen LogP contribution < -0.4 is 10.5 Å². The number of nitrogens with two attached hydrogens (primary N) is 1. The lowest BCUT2D eigenvalue weighted by atomic mass is 10.1. The van der Waals surface area contributed by atoms with E-state index in [1.54, 1.807) is 7.05 Å². The normalized spacial score (nSPS) is 20.6. The van der Waals surface area contributed by atoms with Crippen molar-refractivity contribution < 1.29 is 13.2 Å². The maximum atomic E-state index is 12.2. The SMILES string of the molecule is CN1CC(NS(=O)(=O)c2cnccc2N)CCC1=O. The van der Waals surface area contributed by atoms with E-state index in [1.165, 1.54) is 23.4 Å². The number of nitrogen functional groups attached to an aromatic ring is 1. The maximum absolute atomic E-state index is 12.2. The van der Waals surface area contributed by atoms with Crippen molar-refractivity contribution in [2.45, 2.75) is 23.8 Å². The summed E-state index contributed by atoms with van der Waals surface area (Å²) in [6, 6.07) is 1.14. The van der Waals surface area contributed by atoms with E-state index in [1.807, 2.05) is 0 Å². The number of carbonyl (C=O) groups excluding carboxylic acids is 1. The lowest BCUT2D eigenvalue weighted by Gasteiger charge is -2.29. The largest absolute Gasteiger partial charge is 0.398 e. The molecule has 1 atom stereocenters. The lowest BCUT2D eigenvalue weighted by Crippen LogP contribution is -2.48. The van der Waals surface area contributed by atoms with Gasteiger partial charge in [0, 0.05) is 38.4 Å². The molecule has 0 aliphatic carbocycles. The first-order valence-corrected chi connectivity index (χ1v) is 7.34. The fraction of sp³-hybridized carbons (Fsp3) is 0.455. The van der Waals surface area contributed by atoms with Crippen LogP contribution >= 0.6 is 0 Å². The van der Waals surface area contributed by atoms with Gasteiger partial charge in [0.2, 0.25) is 15.9 Å². The van der Waals surface area contributed by atoms with Crippen LogP contribution in [0.5, 0.6) is 0 Å². The molecule has 1 amide bonds. The van der Waals surface area contributed by atoms with E-state index >= 15 is 0 Å². The van der Waals surface area contributed by atoms with Crippen molar-refractivity contribution in [3.63, 3.8) is 0 Å². The molecule has 0 saturated carbocycles. The number of likely N-dealkylation sites (tertiary alicyclic amines) is 1. The van der Waals surface area contributed by atoms with Gasteiger partial charge in [0.15, 0.2) is 0 Å². The number of nitrogens with one attached hydrogen (secondary N) is 1. The van der Waals surface area contributed by atoms with Gasteiger partial charge in [-0.05, 0) is 12.5 Å². The molecule has 1 aromatic heterocycles. The van der Waals surface area contributed by atoms with E-state index < -0.39 is 10.0 Å². The number of carbonyl (C=O) groups is 1. The molecule has 1 unspecified atom stereocenters. The van der Waals surface area contributed by atoms with Gasteiger partial charge in [-0.3, -0.25) is 9.78 Å². The zero-order valence-corrected chi connectivity index (χ0v) is 11.4. The van der Waals surface area contributed by atoms with E-state index in [9.17, 15) is 13.2 Å². The molecule has 0 spiro atoms. The summed E-state index contributed by atoms with van der Waals surface area (Å²) >= 11 is 0. The Morgan fingerprint density at radius 3 is 2.89 bits per heavy atom. The lowest BCUT2D eigenvalue weighted by molar-refractivity contribution is -0.132. The van der Waals surface area contributed by atoms with Gasteiger partial charge >= 0.3 is 0 Å². The molecule has 19 heavy (non-hydrogen) atoms. The van der Waals surface area contributed by atoms with Gasteiger partial charge in [-0.2, -0.15) is 0 Å². The molecule has 3 N–H and O–H groups in total. The van der Waals surface area contributed by atoms with Crippen molar-refractivity contribution >= 4 is 21.6 Å². The average Bonchev–Trinajstić information content (AvgIpc) is 2.34. The van der Waals surface area contributed by atoms with E-state index in [0.717, 1.165) is 0 Å². The topological polar surface area (TPSA) is 105 Å². The van der Waals surface area contributed by atoms with Crippen LogP contribution in [0.2, 0.25) is 0 Å². The van der Waals surface area contributed by atoms with Gasteiger partial charge in [-0.15, -0.1) is 0 Å². The zero-order valence-electron chi connectivity index (χ0n) is 10.5. The number of likely N-dealkylation sites (N-methyl/N-ethyl adjacent to an activating group) is 1. The van der Waals surface area contributed by atoms with Crippen molar-refractivity contribution in [1.82, 2.24) is 14.6 Å². The van der Waals surface area contributed by atoms with E-state index in [4.69, 9.17) is 5.73 Å². The number of hydrogen-bond donors (Lipinski definition) is 2. The van der Waals surface area contributed by atoms with Crippen LogP contribution in [0.3, 0.4) is 0 Å². The molecule has 0 aromatic carbocycles. The van der Waals surface area contributed by atoms with Gasteiger partial charge < -0.3 is 10.6 Å². The predicted molar refractivity (Wildman–Crippen MR) is 69.6 cm³/mol. The Morgan fingerprint density at radius 1 is 1.53 bits per heavy atom. The van der Waals surface area contributed by atoms with Crippen molar-refractivity contribution in [3.05, 3.63) is 18.5 Å². The molecule has 1 aromatic rings. The smallest absolute Gasteiger partial charge is 0.244 e. The Bertz CT molecular complexity index is 587. The minimum Gasteiger partial charge on any atom is -0.398 e. The van der Waals surface area contributed by atoms with E-state index in [2.05, 4.69) is 9.71 Å². The van der Waals surface area contributed by atoms with Crippen LogP contribution in [-0.4, -0.2) is 43.8 Å². The van der Waals surface area contributed by atoms with E-state index in [-0.39, 0.29) is 22.5 Å². The minimum absolute atomic E-state index is 0.0244. The molecule has 0 radical (unpaired) electrons. The second-order valence-electron chi connectivity index (χ2n) is 4.54. The molecule has 8 heteroatoms. The number of pyridine rings is 1. The summed E-state index contributed by atoms with van der Waals surface area (Å²) in [5.41, 5.74) is 5.79. The Balaban J connectivity index is 2.15. The fourth-order valence-corrected chi connectivity index (χ4v) is 3.34. The minimum atomic E-state index is -3.71. The van der Waals surface area contributed by atoms with Gasteiger partial charge in [0.1, 0.15) is 4.90 Å². The quantitative estimate of drug-likeness (QED) is 0.783. The molecule has 7 nitrogen and oxygen atoms in total. The molecule has 1 saturated heterocycles. The summed E-state index contributed by atoms with van der Waals surface area (Å²) in [7, 11) is -2.05. The number of rotatable bonds is 3. The molecule has 2 heterocycles. The highest BCUT2D eigenvalue weighted by Crippen LogP contribution is 2.18. The van der Waals surface area contributed by atoms with Crippen LogP contribution in [0.15, 0.2) is 23.4 Å². The van der Waals surface area contributed by atoms with Crippen molar-refractivity contribution in [1.29, 1.82) is 0 Å². The number of sulfonamides is 1. The number of anilines is 1. The maximum Gasteiger partial charge on any atom is 0.244 e. The van der Waals surface area contributed by atoms with Crippen LogP contribution in [0.1, 0.15) is 12.8 Å². The number of hydrogen-bond acceptors (Lipinski definition) is 5. The summed E-state index contributed by atoms with van der Waals surface area (Å²) in [6.07, 6.45) is 3.48. The summed E-state index contributed by atoms with van der Waals surface area (Å²) in [4.78, 5) is 16.6. The average molecular weight is 284 g/mol. The summed E-state index contributed by atoms with van der Waals surface area (Å²) in [5.74, 6) is 0.0244. The van der Waals surface area contributed by atoms with Crippen LogP contribution in [0.4, 0.5) is 5.69 Å². The predicted octanol–water partition coefficient (Wildman–Crippen LogP) is -0.437. The number of piperidine rings is 1. The van der Waals surface area contributed by atoms with Crippen molar-refractivity contribution in [2.24, 2.45) is 0 Å². The first kappa shape index (κ1) is 13.8. The standard InChI is InChI=1S/C11H16N4O3S/c1-15-7-8(2-3-11(15)16)14-19(17,18)10-6-13-5-4-9(10)12/h4-6,8,14H,2-3,7H2,1H3,(H2,12,13). The molecule has 104 valence electrons. The van der Waals surface area contributed by atoms with Gasteiger partial charge in [0.05, 0.1) is 5.69 Å². The second kappa shape index (κ2) is 5.14. The van der Waals surface area contributed by atoms with Gasteiger partial charge in [0.25, 0.3) is 0 Å².